The molecule has 2 fully saturated rings. The van der Waals surface area contributed by atoms with Gasteiger partial charge in [0.25, 0.3) is 5.24 Å². The van der Waals surface area contributed by atoms with Crippen LogP contribution in [-0.4, -0.2) is 84.0 Å². The molecule has 0 spiro atoms. The van der Waals surface area contributed by atoms with E-state index >= 15 is 0 Å². The molecule has 2 aliphatic rings. The third kappa shape index (κ3) is 7.11. The van der Waals surface area contributed by atoms with Crippen molar-refractivity contribution in [2.24, 2.45) is 0 Å². The van der Waals surface area contributed by atoms with E-state index in [0.717, 1.165) is 71.0 Å². The fourth-order valence-electron chi connectivity index (χ4n) is 3.65. The Kier molecular flexibility index (Phi) is 8.64. The first-order chi connectivity index (χ1) is 13.7. The van der Waals surface area contributed by atoms with Crippen molar-refractivity contribution in [3.63, 3.8) is 0 Å². The van der Waals surface area contributed by atoms with Gasteiger partial charge in [-0.1, -0.05) is 42.1 Å². The van der Waals surface area contributed by atoms with Gasteiger partial charge in [-0.25, -0.2) is 0 Å². The van der Waals surface area contributed by atoms with Crippen molar-refractivity contribution in [1.29, 1.82) is 0 Å². The largest absolute Gasteiger partial charge is 0.356 e. The Morgan fingerprint density at radius 2 is 1.71 bits per heavy atom. The lowest BCUT2D eigenvalue weighted by Crippen LogP contribution is -2.46. The molecule has 3 rings (SSSR count). The third-order valence-electron chi connectivity index (χ3n) is 5.39. The van der Waals surface area contributed by atoms with E-state index in [9.17, 15) is 9.59 Å². The van der Waals surface area contributed by atoms with Crippen molar-refractivity contribution in [2.45, 2.75) is 25.8 Å². The molecule has 6 nitrogen and oxygen atoms in total. The van der Waals surface area contributed by atoms with Gasteiger partial charge in [0.05, 0.1) is 0 Å². The van der Waals surface area contributed by atoms with Gasteiger partial charge in [-0.2, -0.15) is 0 Å². The van der Waals surface area contributed by atoms with E-state index < -0.39 is 0 Å². The Labute approximate surface area is 172 Å². The summed E-state index contributed by atoms with van der Waals surface area (Å²) in [6.07, 6.45) is 2.53. The van der Waals surface area contributed by atoms with Crippen molar-refractivity contribution in [2.75, 3.05) is 58.1 Å². The number of hydrogen-bond donors (Lipinski definition) is 1. The van der Waals surface area contributed by atoms with E-state index in [-0.39, 0.29) is 11.1 Å². The van der Waals surface area contributed by atoms with E-state index in [4.69, 9.17) is 0 Å². The Balaban J connectivity index is 1.19. The minimum Gasteiger partial charge on any atom is -0.356 e. The van der Waals surface area contributed by atoms with Crippen molar-refractivity contribution in [3.8, 4) is 0 Å². The van der Waals surface area contributed by atoms with Crippen LogP contribution in [0.15, 0.2) is 30.3 Å². The predicted molar refractivity (Wildman–Crippen MR) is 114 cm³/mol. The molecule has 0 bridgehead atoms. The summed E-state index contributed by atoms with van der Waals surface area (Å²) in [5, 5.41) is 3.09. The van der Waals surface area contributed by atoms with Crippen molar-refractivity contribution < 1.29 is 9.59 Å². The lowest BCUT2D eigenvalue weighted by atomic mass is 10.2. The molecule has 2 aliphatic heterocycles. The highest BCUT2D eigenvalue weighted by Gasteiger charge is 2.21. The molecule has 0 atom stereocenters. The van der Waals surface area contributed by atoms with Crippen LogP contribution in [0.1, 0.15) is 24.8 Å². The number of carbonyl (C=O) groups excluding carboxylic acids is 2. The van der Waals surface area contributed by atoms with Crippen LogP contribution in [0.2, 0.25) is 0 Å². The lowest BCUT2D eigenvalue weighted by Gasteiger charge is -2.34. The molecule has 7 heteroatoms. The zero-order chi connectivity index (χ0) is 19.6. The quantitative estimate of drug-likeness (QED) is 0.606. The number of hydrogen-bond acceptors (Lipinski definition) is 5. The maximum atomic E-state index is 11.9. The van der Waals surface area contributed by atoms with Crippen LogP contribution in [0.4, 0.5) is 4.79 Å². The minimum absolute atomic E-state index is 0.0548. The molecule has 1 aromatic carbocycles. The number of unbranched alkanes of at least 4 members (excludes halogenated alkanes) is 1. The highest BCUT2D eigenvalue weighted by molar-refractivity contribution is 8.13. The molecule has 0 aliphatic carbocycles. The van der Waals surface area contributed by atoms with Crippen LogP contribution in [0.3, 0.4) is 0 Å². The average molecular weight is 405 g/mol. The third-order valence-corrected chi connectivity index (χ3v) is 6.28. The summed E-state index contributed by atoms with van der Waals surface area (Å²) in [5.41, 5.74) is 1.39. The zero-order valence-electron chi connectivity index (χ0n) is 16.6. The molecule has 0 unspecified atom stereocenters. The summed E-state index contributed by atoms with van der Waals surface area (Å²) in [7, 11) is 0. The van der Waals surface area contributed by atoms with Crippen LogP contribution in [0.5, 0.6) is 0 Å². The summed E-state index contributed by atoms with van der Waals surface area (Å²) in [4.78, 5) is 30.2. The average Bonchev–Trinajstić information content (AvgIpc) is 3.13. The van der Waals surface area contributed by atoms with E-state index in [2.05, 4.69) is 45.4 Å². The lowest BCUT2D eigenvalue weighted by molar-refractivity contribution is -0.121. The Hall–Kier alpha value is -1.57. The smallest absolute Gasteiger partial charge is 0.281 e. The van der Waals surface area contributed by atoms with Gasteiger partial charge >= 0.3 is 0 Å². The molecular formula is C21H32N4O2S. The Morgan fingerprint density at radius 1 is 0.964 bits per heavy atom. The number of rotatable bonds is 10. The number of amides is 2. The molecule has 0 aromatic heterocycles. The SMILES string of the molecule is O=C(CCN1CCSC1=O)NCCCCN1CCN(Cc2ccccc2)CC1. The summed E-state index contributed by atoms with van der Waals surface area (Å²) in [6, 6.07) is 10.7. The van der Waals surface area contributed by atoms with Crippen LogP contribution < -0.4 is 5.32 Å². The Bertz CT molecular complexity index is 620. The van der Waals surface area contributed by atoms with Gasteiger partial charge in [-0.05, 0) is 24.9 Å². The van der Waals surface area contributed by atoms with Crippen molar-refractivity contribution >= 4 is 22.9 Å². The first kappa shape index (κ1) is 21.1. The summed E-state index contributed by atoms with van der Waals surface area (Å²) >= 11 is 1.34. The maximum Gasteiger partial charge on any atom is 0.281 e. The van der Waals surface area contributed by atoms with Crippen LogP contribution in [-0.2, 0) is 11.3 Å². The van der Waals surface area contributed by atoms with E-state index in [0.29, 0.717) is 13.0 Å². The van der Waals surface area contributed by atoms with Gasteiger partial charge < -0.3 is 15.1 Å². The fourth-order valence-corrected chi connectivity index (χ4v) is 4.51. The number of piperazine rings is 1. The molecule has 0 saturated carbocycles. The second-order valence-electron chi connectivity index (χ2n) is 7.51. The zero-order valence-corrected chi connectivity index (χ0v) is 17.5. The van der Waals surface area contributed by atoms with Gasteiger partial charge in [0, 0.05) is 64.5 Å². The molecule has 154 valence electrons. The minimum atomic E-state index is 0.0548. The van der Waals surface area contributed by atoms with Gasteiger partial charge in [0.15, 0.2) is 0 Å². The number of nitrogens with zero attached hydrogens (tertiary/aromatic N) is 3. The topological polar surface area (TPSA) is 55.9 Å². The highest BCUT2D eigenvalue weighted by Crippen LogP contribution is 2.17. The van der Waals surface area contributed by atoms with Crippen LogP contribution in [0, 0.1) is 0 Å². The maximum absolute atomic E-state index is 11.9. The summed E-state index contributed by atoms with van der Waals surface area (Å²) < 4.78 is 0. The highest BCUT2D eigenvalue weighted by atomic mass is 32.2. The predicted octanol–water partition coefficient (Wildman–Crippen LogP) is 2.26. The van der Waals surface area contributed by atoms with Gasteiger partial charge in [-0.3, -0.25) is 14.5 Å². The standard InChI is InChI=1S/C21H32N4O2S/c26-20(8-11-25-16-17-28-21(25)27)22-9-4-5-10-23-12-14-24(15-13-23)18-19-6-2-1-3-7-19/h1-3,6-7H,4-5,8-18H2,(H,22,26). The van der Waals surface area contributed by atoms with Crippen molar-refractivity contribution in [3.05, 3.63) is 35.9 Å². The monoisotopic (exact) mass is 404 g/mol. The van der Waals surface area contributed by atoms with Gasteiger partial charge in [-0.15, -0.1) is 0 Å². The molecule has 0 radical (unpaired) electrons. The second kappa shape index (κ2) is 11.4. The first-order valence-electron chi connectivity index (χ1n) is 10.4. The molecule has 2 amide bonds. The molecular weight excluding hydrogens is 372 g/mol. The van der Waals surface area contributed by atoms with E-state index in [1.165, 1.54) is 17.3 Å². The van der Waals surface area contributed by atoms with E-state index in [1.807, 2.05) is 0 Å². The molecule has 28 heavy (non-hydrogen) atoms. The normalized spacial score (nSPS) is 18.6. The van der Waals surface area contributed by atoms with Crippen molar-refractivity contribution in [1.82, 2.24) is 20.0 Å². The first-order valence-corrected chi connectivity index (χ1v) is 11.4. The number of carbonyl (C=O) groups is 2. The fraction of sp³-hybridized carbons (Fsp3) is 0.619. The number of benzene rings is 1. The molecule has 2 saturated heterocycles. The van der Waals surface area contributed by atoms with Gasteiger partial charge in [0.1, 0.15) is 0 Å². The van der Waals surface area contributed by atoms with Crippen LogP contribution in [0.25, 0.3) is 0 Å². The summed E-state index contributed by atoms with van der Waals surface area (Å²) in [5.74, 6) is 0.903. The summed E-state index contributed by atoms with van der Waals surface area (Å²) in [6.45, 7) is 8.70. The van der Waals surface area contributed by atoms with E-state index in [1.54, 1.807) is 4.90 Å². The molecule has 2 heterocycles. The second-order valence-corrected chi connectivity index (χ2v) is 8.56. The number of thioether (sulfide) groups is 1. The molecule has 1 aromatic rings. The molecule has 1 N–H and O–H groups in total. The van der Waals surface area contributed by atoms with Gasteiger partial charge in [0.2, 0.25) is 5.91 Å². The van der Waals surface area contributed by atoms with Crippen LogP contribution >= 0.6 is 11.8 Å². The Morgan fingerprint density at radius 3 is 2.43 bits per heavy atom. The number of nitrogens with one attached hydrogen (secondary N) is 1.